The van der Waals surface area contributed by atoms with Crippen LogP contribution in [-0.2, 0) is 0 Å². The Kier molecular flexibility index (Phi) is 6.15. The van der Waals surface area contributed by atoms with Crippen LogP contribution in [-0.4, -0.2) is 47.8 Å². The van der Waals surface area contributed by atoms with E-state index in [1.165, 1.54) is 0 Å². The van der Waals surface area contributed by atoms with E-state index >= 15 is 0 Å². The fourth-order valence-corrected chi connectivity index (χ4v) is 0.990. The molecule has 0 aromatic carbocycles. The Labute approximate surface area is 96.2 Å². The minimum absolute atomic E-state index is 0.0794. The van der Waals surface area contributed by atoms with E-state index in [1.807, 2.05) is 0 Å². The molecular formula is C8H15F3N4O2. The smallest absolute Gasteiger partial charge is 0.405 e. The lowest BCUT2D eigenvalue weighted by Crippen LogP contribution is -2.44. The van der Waals surface area contributed by atoms with Crippen LogP contribution in [0.25, 0.3) is 0 Å². The monoisotopic (exact) mass is 256 g/mol. The molecule has 0 bridgehead atoms. The fourth-order valence-electron chi connectivity index (χ4n) is 0.990. The van der Waals surface area contributed by atoms with Gasteiger partial charge >= 0.3 is 12.2 Å². The van der Waals surface area contributed by atoms with Crippen molar-refractivity contribution >= 4 is 11.9 Å². The van der Waals surface area contributed by atoms with Crippen molar-refractivity contribution in [1.29, 1.82) is 0 Å². The van der Waals surface area contributed by atoms with E-state index in [9.17, 15) is 18.0 Å². The van der Waals surface area contributed by atoms with Crippen LogP contribution in [0.4, 0.5) is 18.0 Å². The minimum atomic E-state index is -4.44. The predicted octanol–water partition coefficient (Wildman–Crippen LogP) is 0.717. The third kappa shape index (κ3) is 7.25. The van der Waals surface area contributed by atoms with Gasteiger partial charge in [-0.05, 0) is 6.92 Å². The topological polar surface area (TPSA) is 90.9 Å². The Morgan fingerprint density at radius 1 is 1.53 bits per heavy atom. The summed E-state index contributed by atoms with van der Waals surface area (Å²) in [6.45, 7) is 0.532. The van der Waals surface area contributed by atoms with Crippen molar-refractivity contribution in [2.45, 2.75) is 19.5 Å². The Bertz CT molecular complexity index is 280. The number of nitrogens with one attached hydrogen (secondary N) is 1. The van der Waals surface area contributed by atoms with Crippen molar-refractivity contribution in [3.05, 3.63) is 0 Å². The number of oxime groups is 1. The second-order valence-corrected chi connectivity index (χ2v) is 3.19. The summed E-state index contributed by atoms with van der Waals surface area (Å²) < 4.78 is 35.5. The normalized spacial score (nSPS) is 12.4. The van der Waals surface area contributed by atoms with Gasteiger partial charge in [-0.3, -0.25) is 0 Å². The van der Waals surface area contributed by atoms with Crippen LogP contribution in [0.2, 0.25) is 0 Å². The number of nitrogens with two attached hydrogens (primary N) is 1. The highest BCUT2D eigenvalue weighted by molar-refractivity contribution is 5.80. The maximum absolute atomic E-state index is 11.8. The first-order chi connectivity index (χ1) is 7.80. The molecule has 0 aliphatic heterocycles. The second-order valence-electron chi connectivity index (χ2n) is 3.19. The Morgan fingerprint density at radius 2 is 2.12 bits per heavy atom. The van der Waals surface area contributed by atoms with E-state index in [-0.39, 0.29) is 25.3 Å². The molecule has 0 aromatic rings. The van der Waals surface area contributed by atoms with E-state index in [0.29, 0.717) is 0 Å². The molecule has 0 fully saturated rings. The quantitative estimate of drug-likeness (QED) is 0.293. The summed E-state index contributed by atoms with van der Waals surface area (Å²) >= 11 is 0. The molecular weight excluding hydrogens is 241 g/mol. The van der Waals surface area contributed by atoms with Crippen molar-refractivity contribution < 1.29 is 23.2 Å². The predicted molar refractivity (Wildman–Crippen MR) is 54.7 cm³/mol. The molecule has 0 aromatic heterocycles. The van der Waals surface area contributed by atoms with Gasteiger partial charge in [-0.2, -0.15) is 13.2 Å². The summed E-state index contributed by atoms with van der Waals surface area (Å²) in [6, 6.07) is -0.837. The number of hydrogen-bond acceptors (Lipinski definition) is 3. The number of urea groups is 1. The lowest BCUT2D eigenvalue weighted by molar-refractivity contribution is -0.123. The zero-order valence-electron chi connectivity index (χ0n) is 9.29. The molecule has 9 heteroatoms. The lowest BCUT2D eigenvalue weighted by Gasteiger charge is -2.21. The van der Waals surface area contributed by atoms with Crippen molar-refractivity contribution in [2.75, 3.05) is 19.6 Å². The molecule has 2 amide bonds. The Balaban J connectivity index is 4.13. The SMILES string of the molecule is CCN(CCC(N)=NO)C(=O)NCC(F)(F)F. The van der Waals surface area contributed by atoms with Crippen LogP contribution in [0.5, 0.6) is 0 Å². The molecule has 4 N–H and O–H groups in total. The van der Waals surface area contributed by atoms with Gasteiger partial charge in [0.2, 0.25) is 0 Å². The number of amides is 2. The zero-order valence-corrected chi connectivity index (χ0v) is 9.29. The first kappa shape index (κ1) is 15.3. The largest absolute Gasteiger partial charge is 0.409 e. The van der Waals surface area contributed by atoms with E-state index in [4.69, 9.17) is 10.9 Å². The van der Waals surface area contributed by atoms with Crippen LogP contribution in [0.15, 0.2) is 5.16 Å². The van der Waals surface area contributed by atoms with Crippen molar-refractivity contribution in [3.8, 4) is 0 Å². The number of halogens is 3. The third-order valence-electron chi connectivity index (χ3n) is 1.88. The third-order valence-corrected chi connectivity index (χ3v) is 1.88. The van der Waals surface area contributed by atoms with Crippen LogP contribution >= 0.6 is 0 Å². The summed E-state index contributed by atoms with van der Waals surface area (Å²) in [7, 11) is 0. The van der Waals surface area contributed by atoms with E-state index in [1.54, 1.807) is 12.2 Å². The number of carbonyl (C=O) groups excluding carboxylic acids is 1. The highest BCUT2D eigenvalue weighted by Crippen LogP contribution is 2.12. The molecule has 0 radical (unpaired) electrons. The highest BCUT2D eigenvalue weighted by atomic mass is 19.4. The van der Waals surface area contributed by atoms with Crippen molar-refractivity contribution in [2.24, 2.45) is 10.9 Å². The summed E-state index contributed by atoms with van der Waals surface area (Å²) in [6.07, 6.45) is -4.36. The van der Waals surface area contributed by atoms with Gasteiger partial charge in [0.25, 0.3) is 0 Å². The maximum Gasteiger partial charge on any atom is 0.405 e. The van der Waals surface area contributed by atoms with Crippen LogP contribution in [0.3, 0.4) is 0 Å². The number of nitrogens with zero attached hydrogens (tertiary/aromatic N) is 2. The minimum Gasteiger partial charge on any atom is -0.409 e. The second kappa shape index (κ2) is 6.81. The van der Waals surface area contributed by atoms with Crippen LogP contribution < -0.4 is 11.1 Å². The first-order valence-corrected chi connectivity index (χ1v) is 4.86. The molecule has 0 aliphatic carbocycles. The van der Waals surface area contributed by atoms with Gasteiger partial charge in [-0.1, -0.05) is 5.16 Å². The number of rotatable bonds is 5. The number of alkyl halides is 3. The molecule has 6 nitrogen and oxygen atoms in total. The molecule has 0 atom stereocenters. The van der Waals surface area contributed by atoms with Gasteiger partial charge in [0, 0.05) is 19.5 Å². The lowest BCUT2D eigenvalue weighted by atomic mass is 10.3. The Hall–Kier alpha value is -1.67. The van der Waals surface area contributed by atoms with Gasteiger partial charge in [-0.15, -0.1) is 0 Å². The van der Waals surface area contributed by atoms with Crippen molar-refractivity contribution in [3.63, 3.8) is 0 Å². The molecule has 0 unspecified atom stereocenters. The number of hydrogen-bond donors (Lipinski definition) is 3. The van der Waals surface area contributed by atoms with E-state index in [2.05, 4.69) is 5.16 Å². The standard InChI is InChI=1S/C8H15F3N4O2/c1-2-15(4-3-6(12)14-17)7(16)13-5-8(9,10)11/h17H,2-5H2,1H3,(H2,12,14)(H,13,16). The molecule has 0 saturated heterocycles. The summed E-state index contributed by atoms with van der Waals surface area (Å²) in [5.41, 5.74) is 5.18. The van der Waals surface area contributed by atoms with E-state index < -0.39 is 18.8 Å². The van der Waals surface area contributed by atoms with Gasteiger partial charge in [0.1, 0.15) is 12.4 Å². The van der Waals surface area contributed by atoms with Gasteiger partial charge in [0.05, 0.1) is 0 Å². The average molecular weight is 256 g/mol. The molecule has 100 valence electrons. The fraction of sp³-hybridized carbons (Fsp3) is 0.750. The maximum atomic E-state index is 11.8. The zero-order chi connectivity index (χ0) is 13.5. The van der Waals surface area contributed by atoms with Crippen LogP contribution in [0, 0.1) is 0 Å². The van der Waals surface area contributed by atoms with Gasteiger partial charge in [0.15, 0.2) is 0 Å². The van der Waals surface area contributed by atoms with E-state index in [0.717, 1.165) is 4.90 Å². The average Bonchev–Trinajstić information content (AvgIpc) is 2.25. The molecule has 0 spiro atoms. The molecule has 0 saturated carbocycles. The van der Waals surface area contributed by atoms with Crippen LogP contribution in [0.1, 0.15) is 13.3 Å². The molecule has 0 heterocycles. The molecule has 0 rings (SSSR count). The number of carbonyl (C=O) groups is 1. The molecule has 0 aliphatic rings. The van der Waals surface area contributed by atoms with Crippen molar-refractivity contribution in [1.82, 2.24) is 10.2 Å². The van der Waals surface area contributed by atoms with Gasteiger partial charge in [-0.25, -0.2) is 4.79 Å². The Morgan fingerprint density at radius 3 is 2.53 bits per heavy atom. The summed E-state index contributed by atoms with van der Waals surface area (Å²) in [5, 5.41) is 12.7. The summed E-state index contributed by atoms with van der Waals surface area (Å²) in [4.78, 5) is 12.4. The van der Waals surface area contributed by atoms with Gasteiger partial charge < -0.3 is 21.2 Å². The summed E-state index contributed by atoms with van der Waals surface area (Å²) in [5.74, 6) is -0.0907. The number of amidine groups is 1. The first-order valence-electron chi connectivity index (χ1n) is 4.86. The molecule has 17 heavy (non-hydrogen) atoms. The highest BCUT2D eigenvalue weighted by Gasteiger charge is 2.28.